The number of hydrogen-bond acceptors (Lipinski definition) is 10. The monoisotopic (exact) mass is 461 g/mol. The van der Waals surface area contributed by atoms with E-state index >= 15 is 4.39 Å². The van der Waals surface area contributed by atoms with Gasteiger partial charge in [-0.25, -0.2) is 13.8 Å². The molecule has 1 aliphatic heterocycles. The molecule has 2 heterocycles. The van der Waals surface area contributed by atoms with Crippen molar-refractivity contribution in [2.24, 2.45) is 11.7 Å². The molecule has 1 fully saturated rings. The Labute approximate surface area is 182 Å². The summed E-state index contributed by atoms with van der Waals surface area (Å²) in [4.78, 5) is 48.2. The molecule has 1 saturated heterocycles. The van der Waals surface area contributed by atoms with Crippen LogP contribution in [-0.2, 0) is 30.5 Å². The molecule has 32 heavy (non-hydrogen) atoms. The summed E-state index contributed by atoms with van der Waals surface area (Å²) in [7, 11) is 0. The van der Waals surface area contributed by atoms with Crippen molar-refractivity contribution in [3.8, 4) is 0 Å². The lowest BCUT2D eigenvalue weighted by Gasteiger charge is -2.23. The summed E-state index contributed by atoms with van der Waals surface area (Å²) < 4.78 is 31.1. The molecular formula is C19H28FN3O9. The fourth-order valence-electron chi connectivity index (χ4n) is 3.10. The lowest BCUT2D eigenvalue weighted by Crippen LogP contribution is -2.44. The molecule has 5 atom stereocenters. The molecule has 180 valence electrons. The van der Waals surface area contributed by atoms with Gasteiger partial charge >= 0.3 is 17.6 Å². The number of nitrogens with zero attached hydrogens (tertiary/aromatic N) is 2. The molecule has 0 saturated carbocycles. The van der Waals surface area contributed by atoms with Crippen LogP contribution in [0.1, 0.15) is 39.8 Å². The number of carbonyl (C=O) groups excluding carboxylic acids is 2. The Morgan fingerprint density at radius 3 is 2.44 bits per heavy atom. The third-order valence-electron chi connectivity index (χ3n) is 5.18. The van der Waals surface area contributed by atoms with Crippen LogP contribution in [0.5, 0.6) is 0 Å². The van der Waals surface area contributed by atoms with Gasteiger partial charge in [-0.3, -0.25) is 19.0 Å². The van der Waals surface area contributed by atoms with E-state index in [4.69, 9.17) is 19.9 Å². The van der Waals surface area contributed by atoms with Gasteiger partial charge in [0, 0.05) is 12.3 Å². The Bertz CT molecular complexity index is 943. The van der Waals surface area contributed by atoms with E-state index in [1.165, 1.54) is 6.92 Å². The van der Waals surface area contributed by atoms with Crippen LogP contribution in [0.3, 0.4) is 0 Å². The van der Waals surface area contributed by atoms with Crippen molar-refractivity contribution in [1.82, 2.24) is 9.13 Å². The SMILES string of the molecule is CCC(CC)C(=O)OC[C@@]1(F)O[C@@H](n2ccc(=O)n(COC(=O)[C@H](C)N)c2=O)[C@H](O)[C@@H]1O. The van der Waals surface area contributed by atoms with E-state index in [0.717, 1.165) is 12.3 Å². The van der Waals surface area contributed by atoms with Crippen molar-refractivity contribution in [2.45, 2.75) is 70.7 Å². The normalized spacial score (nSPS) is 26.2. The lowest BCUT2D eigenvalue weighted by molar-refractivity contribution is -0.218. The molecule has 0 aliphatic carbocycles. The fraction of sp³-hybridized carbons (Fsp3) is 0.684. The minimum absolute atomic E-state index is 0.466. The summed E-state index contributed by atoms with van der Waals surface area (Å²) in [6.07, 6.45) is -4.00. The lowest BCUT2D eigenvalue weighted by atomic mass is 10.0. The Kier molecular flexibility index (Phi) is 8.29. The second-order valence-corrected chi connectivity index (χ2v) is 7.50. The van der Waals surface area contributed by atoms with Gasteiger partial charge in [-0.1, -0.05) is 13.8 Å². The fourth-order valence-corrected chi connectivity index (χ4v) is 3.10. The number of hydrogen-bond donors (Lipinski definition) is 3. The number of nitrogens with two attached hydrogens (primary N) is 1. The van der Waals surface area contributed by atoms with Gasteiger partial charge in [-0.2, -0.15) is 0 Å². The Morgan fingerprint density at radius 2 is 1.88 bits per heavy atom. The van der Waals surface area contributed by atoms with Gasteiger partial charge in [0.2, 0.25) is 0 Å². The average Bonchev–Trinajstić information content (AvgIpc) is 2.97. The van der Waals surface area contributed by atoms with E-state index in [1.54, 1.807) is 13.8 Å². The maximum atomic E-state index is 15.2. The van der Waals surface area contributed by atoms with Crippen molar-refractivity contribution >= 4 is 11.9 Å². The van der Waals surface area contributed by atoms with E-state index in [-0.39, 0.29) is 0 Å². The second kappa shape index (κ2) is 10.3. The van der Waals surface area contributed by atoms with Crippen LogP contribution in [-0.4, -0.2) is 62.0 Å². The predicted octanol–water partition coefficient (Wildman–Crippen LogP) is -1.25. The second-order valence-electron chi connectivity index (χ2n) is 7.50. The van der Waals surface area contributed by atoms with Crippen molar-refractivity contribution < 1.29 is 38.4 Å². The van der Waals surface area contributed by atoms with Crippen LogP contribution < -0.4 is 17.0 Å². The Morgan fingerprint density at radius 1 is 1.25 bits per heavy atom. The molecule has 12 nitrogen and oxygen atoms in total. The van der Waals surface area contributed by atoms with Crippen LogP contribution in [0, 0.1) is 5.92 Å². The van der Waals surface area contributed by atoms with Gasteiger partial charge in [-0.05, 0) is 19.8 Å². The summed E-state index contributed by atoms with van der Waals surface area (Å²) >= 11 is 0. The maximum Gasteiger partial charge on any atom is 0.335 e. The van der Waals surface area contributed by atoms with E-state index in [1.807, 2.05) is 0 Å². The summed E-state index contributed by atoms with van der Waals surface area (Å²) in [5.41, 5.74) is 3.40. The summed E-state index contributed by atoms with van der Waals surface area (Å²) in [5, 5.41) is 20.4. The third kappa shape index (κ3) is 5.23. The van der Waals surface area contributed by atoms with Crippen molar-refractivity contribution in [2.75, 3.05) is 6.61 Å². The summed E-state index contributed by atoms with van der Waals surface area (Å²) in [6.45, 7) is 3.06. The molecule has 2 rings (SSSR count). The average molecular weight is 461 g/mol. The first-order valence-electron chi connectivity index (χ1n) is 10.1. The smallest absolute Gasteiger partial charge is 0.335 e. The highest BCUT2D eigenvalue weighted by Gasteiger charge is 2.57. The molecule has 13 heteroatoms. The number of ether oxygens (including phenoxy) is 3. The number of carbonyl (C=O) groups is 2. The van der Waals surface area contributed by atoms with E-state index in [0.29, 0.717) is 22.0 Å². The van der Waals surface area contributed by atoms with E-state index in [2.05, 4.69) is 0 Å². The molecule has 0 amide bonds. The molecule has 4 N–H and O–H groups in total. The predicted molar refractivity (Wildman–Crippen MR) is 106 cm³/mol. The molecule has 0 unspecified atom stereocenters. The topological polar surface area (TPSA) is 172 Å². The van der Waals surface area contributed by atoms with Gasteiger partial charge in [0.1, 0.15) is 18.2 Å². The first-order chi connectivity index (χ1) is 15.0. The largest absolute Gasteiger partial charge is 0.459 e. The van der Waals surface area contributed by atoms with Crippen LogP contribution in [0.25, 0.3) is 0 Å². The van der Waals surface area contributed by atoms with Crippen LogP contribution >= 0.6 is 0 Å². The quantitative estimate of drug-likeness (QED) is 0.377. The highest BCUT2D eigenvalue weighted by molar-refractivity contribution is 5.74. The van der Waals surface area contributed by atoms with Crippen LogP contribution in [0.15, 0.2) is 21.9 Å². The molecule has 0 bridgehead atoms. The van der Waals surface area contributed by atoms with Gasteiger partial charge in [0.15, 0.2) is 19.6 Å². The van der Waals surface area contributed by atoms with Gasteiger partial charge in [-0.15, -0.1) is 0 Å². The number of aromatic nitrogens is 2. The molecule has 0 spiro atoms. The summed E-state index contributed by atoms with van der Waals surface area (Å²) in [6, 6.07) is -0.101. The van der Waals surface area contributed by atoms with Gasteiger partial charge < -0.3 is 30.2 Å². The molecule has 1 aliphatic rings. The van der Waals surface area contributed by atoms with Crippen molar-refractivity contribution in [3.05, 3.63) is 33.1 Å². The number of alkyl halides is 1. The first kappa shape index (κ1) is 25.6. The summed E-state index contributed by atoms with van der Waals surface area (Å²) in [5.74, 6) is -5.04. The first-order valence-corrected chi connectivity index (χ1v) is 10.1. The molecule has 0 radical (unpaired) electrons. The zero-order valence-corrected chi connectivity index (χ0v) is 18.0. The minimum Gasteiger partial charge on any atom is -0.459 e. The van der Waals surface area contributed by atoms with Gasteiger partial charge in [0.25, 0.3) is 11.4 Å². The van der Waals surface area contributed by atoms with E-state index < -0.39 is 72.8 Å². The number of rotatable bonds is 9. The number of halogens is 1. The number of esters is 2. The zero-order chi connectivity index (χ0) is 24.2. The minimum atomic E-state index is -3.01. The number of aliphatic hydroxyl groups excluding tert-OH is 2. The van der Waals surface area contributed by atoms with Crippen LogP contribution in [0.4, 0.5) is 4.39 Å². The highest BCUT2D eigenvalue weighted by atomic mass is 19.2. The van der Waals surface area contributed by atoms with Crippen molar-refractivity contribution in [3.63, 3.8) is 0 Å². The Balaban J connectivity index is 2.24. The molecule has 1 aromatic rings. The maximum absolute atomic E-state index is 15.2. The van der Waals surface area contributed by atoms with Gasteiger partial charge in [0.05, 0.1) is 5.92 Å². The zero-order valence-electron chi connectivity index (χ0n) is 18.0. The number of aliphatic hydroxyl groups is 2. The molecule has 1 aromatic heterocycles. The molecular weight excluding hydrogens is 433 g/mol. The Hall–Kier alpha value is -2.61. The standard InChI is InChI=1S/C19H28FN3O9/c1-4-11(5-2)17(28)30-8-19(20)14(26)13(25)15(32-19)22-7-6-12(24)23(18(22)29)9-31-16(27)10(3)21/h6-7,10-11,13-15,25-26H,4-5,8-9,21H2,1-3H3/t10-,13+,14-,15+,19+/m0/s1. The van der Waals surface area contributed by atoms with Crippen LogP contribution in [0.2, 0.25) is 0 Å². The molecule has 0 aromatic carbocycles. The highest BCUT2D eigenvalue weighted by Crippen LogP contribution is 2.38. The van der Waals surface area contributed by atoms with E-state index in [9.17, 15) is 29.4 Å². The van der Waals surface area contributed by atoms with Crippen molar-refractivity contribution in [1.29, 1.82) is 0 Å². The third-order valence-corrected chi connectivity index (χ3v) is 5.18.